The molecule has 1 aromatic carbocycles. The van der Waals surface area contributed by atoms with Crippen LogP contribution in [0.5, 0.6) is 0 Å². The fraction of sp³-hybridized carbons (Fsp3) is 0.375. The van der Waals surface area contributed by atoms with Gasteiger partial charge >= 0.3 is 5.97 Å². The minimum absolute atomic E-state index is 0.0786. The van der Waals surface area contributed by atoms with Gasteiger partial charge < -0.3 is 18.8 Å². The first kappa shape index (κ1) is 16.0. The zero-order valence-electron chi connectivity index (χ0n) is 12.8. The lowest BCUT2D eigenvalue weighted by Crippen LogP contribution is -2.41. The Kier molecular flexibility index (Phi) is 4.41. The van der Waals surface area contributed by atoms with Crippen molar-refractivity contribution >= 4 is 38.8 Å². The summed E-state index contributed by atoms with van der Waals surface area (Å²) in [7, 11) is 1.30. The topological polar surface area (TPSA) is 69.0 Å². The van der Waals surface area contributed by atoms with Gasteiger partial charge in [-0.1, -0.05) is 0 Å². The van der Waals surface area contributed by atoms with Crippen molar-refractivity contribution in [3.05, 3.63) is 38.5 Å². The third-order valence-corrected chi connectivity index (χ3v) is 4.33. The summed E-state index contributed by atoms with van der Waals surface area (Å²) in [6, 6.07) is 4.53. The zero-order valence-corrected chi connectivity index (χ0v) is 14.4. The summed E-state index contributed by atoms with van der Waals surface area (Å²) < 4.78 is 16.6. The molecular formula is C16H16BrNO5. The summed E-state index contributed by atoms with van der Waals surface area (Å²) in [4.78, 5) is 26.1. The maximum atomic E-state index is 12.4. The van der Waals surface area contributed by atoms with E-state index in [1.807, 2.05) is 11.8 Å². The Bertz CT molecular complexity index is 816. The van der Waals surface area contributed by atoms with Crippen molar-refractivity contribution < 1.29 is 18.7 Å². The zero-order chi connectivity index (χ0) is 16.6. The fourth-order valence-corrected chi connectivity index (χ4v) is 3.16. The van der Waals surface area contributed by atoms with Crippen molar-refractivity contribution in [3.63, 3.8) is 0 Å². The number of halogens is 1. The molecule has 2 aromatic rings. The summed E-state index contributed by atoms with van der Waals surface area (Å²) in [6.07, 6.45) is 0.0786. The fourth-order valence-electron chi connectivity index (χ4n) is 2.61. The van der Waals surface area contributed by atoms with Crippen molar-refractivity contribution in [2.75, 3.05) is 31.7 Å². The number of fused-ring (bicyclic) bond motifs is 1. The summed E-state index contributed by atoms with van der Waals surface area (Å²) in [5.41, 5.74) is 0.512. The van der Waals surface area contributed by atoms with Crippen LogP contribution in [0.25, 0.3) is 11.0 Å². The number of anilines is 1. The van der Waals surface area contributed by atoms with E-state index in [0.717, 1.165) is 0 Å². The Balaban J connectivity index is 2.10. The molecule has 2 heterocycles. The molecular weight excluding hydrogens is 366 g/mol. The average Bonchev–Trinajstić information content (AvgIpc) is 2.54. The number of ether oxygens (including phenoxy) is 2. The van der Waals surface area contributed by atoms with Crippen LogP contribution in [-0.4, -0.2) is 38.9 Å². The van der Waals surface area contributed by atoms with Gasteiger partial charge in [-0.2, -0.15) is 0 Å². The Hall–Kier alpha value is -1.86. The smallest absolute Gasteiger partial charge is 0.337 e. The van der Waals surface area contributed by atoms with Crippen LogP contribution in [0, 0.1) is 0 Å². The van der Waals surface area contributed by atoms with Crippen LogP contribution < -0.4 is 10.3 Å². The predicted molar refractivity (Wildman–Crippen MR) is 89.2 cm³/mol. The molecule has 3 rings (SSSR count). The molecule has 0 amide bonds. The molecule has 0 aliphatic carbocycles. The van der Waals surface area contributed by atoms with Gasteiger partial charge in [0.15, 0.2) is 16.9 Å². The molecule has 0 saturated carbocycles. The van der Waals surface area contributed by atoms with E-state index in [0.29, 0.717) is 46.6 Å². The number of methoxy groups -OCH3 is 1. The van der Waals surface area contributed by atoms with Crippen LogP contribution in [-0.2, 0) is 9.47 Å². The van der Waals surface area contributed by atoms with E-state index in [1.54, 1.807) is 6.07 Å². The first-order valence-electron chi connectivity index (χ1n) is 7.22. The molecule has 23 heavy (non-hydrogen) atoms. The molecule has 0 radical (unpaired) electrons. The normalized spacial score (nSPS) is 18.2. The van der Waals surface area contributed by atoms with E-state index in [9.17, 15) is 9.59 Å². The third kappa shape index (κ3) is 3.11. The molecule has 0 unspecified atom stereocenters. The van der Waals surface area contributed by atoms with Crippen LogP contribution in [0.1, 0.15) is 17.3 Å². The van der Waals surface area contributed by atoms with Crippen molar-refractivity contribution in [1.29, 1.82) is 0 Å². The van der Waals surface area contributed by atoms with Gasteiger partial charge in [-0.25, -0.2) is 4.79 Å². The summed E-state index contributed by atoms with van der Waals surface area (Å²) in [5, 5.41) is 0.338. The quantitative estimate of drug-likeness (QED) is 0.744. The highest BCUT2D eigenvalue weighted by Crippen LogP contribution is 2.28. The molecule has 1 aliphatic heterocycles. The number of carbonyl (C=O) groups is 1. The lowest BCUT2D eigenvalue weighted by atomic mass is 10.1. The predicted octanol–water partition coefficient (Wildman–Crippen LogP) is 2.57. The first-order chi connectivity index (χ1) is 11.0. The van der Waals surface area contributed by atoms with Gasteiger partial charge in [0.1, 0.15) is 0 Å². The number of morpholine rings is 1. The Morgan fingerprint density at radius 2 is 2.17 bits per heavy atom. The number of rotatable bonds is 2. The van der Waals surface area contributed by atoms with Gasteiger partial charge in [0.05, 0.1) is 35.2 Å². The van der Waals surface area contributed by atoms with E-state index in [2.05, 4.69) is 15.9 Å². The largest absolute Gasteiger partial charge is 0.465 e. The molecule has 6 nitrogen and oxygen atoms in total. The molecule has 122 valence electrons. The minimum Gasteiger partial charge on any atom is -0.465 e. The molecule has 1 saturated heterocycles. The van der Waals surface area contributed by atoms with E-state index in [1.165, 1.54) is 19.2 Å². The highest BCUT2D eigenvalue weighted by Gasteiger charge is 2.21. The Morgan fingerprint density at radius 3 is 2.87 bits per heavy atom. The van der Waals surface area contributed by atoms with Crippen molar-refractivity contribution in [1.82, 2.24) is 0 Å². The SMILES string of the molecule is COC(=O)c1cc(Br)c2oc(N3CCO[C@H](C)C3)cc(=O)c2c1. The van der Waals surface area contributed by atoms with Gasteiger partial charge in [0, 0.05) is 19.2 Å². The molecule has 1 atom stereocenters. The van der Waals surface area contributed by atoms with Crippen molar-refractivity contribution in [3.8, 4) is 0 Å². The lowest BCUT2D eigenvalue weighted by molar-refractivity contribution is 0.0517. The van der Waals surface area contributed by atoms with E-state index < -0.39 is 5.97 Å². The Labute approximate surface area is 141 Å². The number of benzene rings is 1. The number of hydrogen-bond donors (Lipinski definition) is 0. The van der Waals surface area contributed by atoms with Crippen LogP contribution >= 0.6 is 15.9 Å². The second-order valence-electron chi connectivity index (χ2n) is 5.40. The summed E-state index contributed by atoms with van der Waals surface area (Å²) in [6.45, 7) is 3.89. The van der Waals surface area contributed by atoms with Gasteiger partial charge in [0.2, 0.25) is 0 Å². The highest BCUT2D eigenvalue weighted by molar-refractivity contribution is 9.10. The molecule has 1 aromatic heterocycles. The molecule has 0 bridgehead atoms. The maximum absolute atomic E-state index is 12.4. The van der Waals surface area contributed by atoms with Gasteiger partial charge in [0.25, 0.3) is 0 Å². The number of hydrogen-bond acceptors (Lipinski definition) is 6. The van der Waals surface area contributed by atoms with Crippen molar-refractivity contribution in [2.45, 2.75) is 13.0 Å². The van der Waals surface area contributed by atoms with Gasteiger partial charge in [-0.15, -0.1) is 0 Å². The highest BCUT2D eigenvalue weighted by atomic mass is 79.9. The van der Waals surface area contributed by atoms with E-state index >= 15 is 0 Å². The van der Waals surface area contributed by atoms with E-state index in [4.69, 9.17) is 13.9 Å². The number of carbonyl (C=O) groups excluding carboxylic acids is 1. The number of esters is 1. The first-order valence-corrected chi connectivity index (χ1v) is 8.01. The van der Waals surface area contributed by atoms with Crippen LogP contribution in [0.3, 0.4) is 0 Å². The van der Waals surface area contributed by atoms with Crippen LogP contribution in [0.4, 0.5) is 5.88 Å². The van der Waals surface area contributed by atoms with Crippen LogP contribution in [0.15, 0.2) is 31.9 Å². The maximum Gasteiger partial charge on any atom is 0.337 e. The second-order valence-corrected chi connectivity index (χ2v) is 6.26. The number of nitrogens with zero attached hydrogens (tertiary/aromatic N) is 1. The van der Waals surface area contributed by atoms with Gasteiger partial charge in [-0.3, -0.25) is 4.79 Å². The van der Waals surface area contributed by atoms with Gasteiger partial charge in [-0.05, 0) is 35.0 Å². The van der Waals surface area contributed by atoms with Crippen molar-refractivity contribution in [2.24, 2.45) is 0 Å². The minimum atomic E-state index is -0.502. The second kappa shape index (κ2) is 6.33. The summed E-state index contributed by atoms with van der Waals surface area (Å²) >= 11 is 3.37. The average molecular weight is 382 g/mol. The molecule has 7 heteroatoms. The molecule has 1 aliphatic rings. The van der Waals surface area contributed by atoms with E-state index in [-0.39, 0.29) is 11.5 Å². The standard InChI is InChI=1S/C16H16BrNO5/c1-9-8-18(3-4-22-9)14-7-13(19)11-5-10(16(20)21-2)6-12(17)15(11)23-14/h5-7,9H,3-4,8H2,1-2H3/t9-/m1/s1. The molecule has 0 N–H and O–H groups in total. The third-order valence-electron chi connectivity index (χ3n) is 3.74. The lowest BCUT2D eigenvalue weighted by Gasteiger charge is -2.31. The van der Waals surface area contributed by atoms with Crippen LogP contribution in [0.2, 0.25) is 0 Å². The molecule has 0 spiro atoms. The monoisotopic (exact) mass is 381 g/mol. The Morgan fingerprint density at radius 1 is 1.39 bits per heavy atom. The molecule has 1 fully saturated rings. The summed E-state index contributed by atoms with van der Waals surface area (Å²) in [5.74, 6) is 0.00208.